The monoisotopic (exact) mass is 392 g/mol. The summed E-state index contributed by atoms with van der Waals surface area (Å²) in [5, 5.41) is 1.77. The zero-order valence-electron chi connectivity index (χ0n) is 15.1. The van der Waals surface area contributed by atoms with Crippen LogP contribution in [0.1, 0.15) is 16.8 Å². The van der Waals surface area contributed by atoms with Crippen LogP contribution in [0, 0.1) is 5.82 Å². The Balaban J connectivity index is 1.39. The van der Waals surface area contributed by atoms with Crippen LogP contribution in [0.5, 0.6) is 0 Å². The summed E-state index contributed by atoms with van der Waals surface area (Å²) in [6, 6.07) is 12.5. The third kappa shape index (κ3) is 3.28. The summed E-state index contributed by atoms with van der Waals surface area (Å²) in [6.07, 6.45) is 4.84. The lowest BCUT2D eigenvalue weighted by molar-refractivity contribution is 0.242. The van der Waals surface area contributed by atoms with E-state index in [9.17, 15) is 4.39 Å². The smallest absolute Gasteiger partial charge is 0.159 e. The van der Waals surface area contributed by atoms with E-state index in [1.807, 2.05) is 42.7 Å². The van der Waals surface area contributed by atoms with Crippen LogP contribution in [-0.4, -0.2) is 26.4 Å². The largest absolute Gasteiger partial charge is 0.361 e. The zero-order chi connectivity index (χ0) is 19.1. The van der Waals surface area contributed by atoms with Gasteiger partial charge < -0.3 is 4.98 Å². The fourth-order valence-corrected chi connectivity index (χ4v) is 3.89. The molecule has 3 heterocycles. The first-order chi connectivity index (χ1) is 13.7. The topological polar surface area (TPSA) is 44.8 Å². The number of nitrogens with one attached hydrogen (secondary N) is 1. The SMILES string of the molecule is Fc1ccc2c(CN3CCc4cnc(-c5ccc(Cl)cc5)nc4C3)c[nH]c2c1. The van der Waals surface area contributed by atoms with E-state index < -0.39 is 0 Å². The number of benzene rings is 2. The second-order valence-corrected chi connectivity index (χ2v) is 7.57. The minimum absolute atomic E-state index is 0.223. The van der Waals surface area contributed by atoms with E-state index in [1.165, 1.54) is 23.3 Å². The summed E-state index contributed by atoms with van der Waals surface area (Å²) in [5.41, 5.74) is 5.24. The van der Waals surface area contributed by atoms with Gasteiger partial charge in [-0.1, -0.05) is 11.6 Å². The van der Waals surface area contributed by atoms with Crippen molar-refractivity contribution >= 4 is 22.5 Å². The second kappa shape index (κ2) is 7.00. The fourth-order valence-electron chi connectivity index (χ4n) is 3.76. The van der Waals surface area contributed by atoms with Crippen LogP contribution in [0.25, 0.3) is 22.3 Å². The highest BCUT2D eigenvalue weighted by molar-refractivity contribution is 6.30. The van der Waals surface area contributed by atoms with Crippen LogP contribution in [0.3, 0.4) is 0 Å². The van der Waals surface area contributed by atoms with E-state index in [4.69, 9.17) is 16.6 Å². The van der Waals surface area contributed by atoms with Gasteiger partial charge in [0.15, 0.2) is 5.82 Å². The molecule has 0 bridgehead atoms. The van der Waals surface area contributed by atoms with Gasteiger partial charge in [0.25, 0.3) is 0 Å². The second-order valence-electron chi connectivity index (χ2n) is 7.14. The Morgan fingerprint density at radius 2 is 2.00 bits per heavy atom. The van der Waals surface area contributed by atoms with E-state index in [0.717, 1.165) is 54.0 Å². The Bertz CT molecular complexity index is 1150. The van der Waals surface area contributed by atoms with Gasteiger partial charge in [0, 0.05) is 53.5 Å². The summed E-state index contributed by atoms with van der Waals surface area (Å²) < 4.78 is 13.4. The summed E-state index contributed by atoms with van der Waals surface area (Å²) in [6.45, 7) is 2.52. The van der Waals surface area contributed by atoms with Crippen LogP contribution >= 0.6 is 11.6 Å². The molecule has 0 atom stereocenters. The quantitative estimate of drug-likeness (QED) is 0.535. The van der Waals surface area contributed by atoms with Crippen molar-refractivity contribution in [3.63, 3.8) is 0 Å². The van der Waals surface area contributed by atoms with Gasteiger partial charge in [-0.15, -0.1) is 0 Å². The molecule has 0 amide bonds. The molecule has 1 aliphatic rings. The highest BCUT2D eigenvalue weighted by Crippen LogP contribution is 2.25. The van der Waals surface area contributed by atoms with Gasteiger partial charge in [-0.25, -0.2) is 14.4 Å². The Kier molecular flexibility index (Phi) is 4.34. The van der Waals surface area contributed by atoms with Gasteiger partial charge in [-0.3, -0.25) is 4.90 Å². The van der Waals surface area contributed by atoms with E-state index >= 15 is 0 Å². The van der Waals surface area contributed by atoms with Gasteiger partial charge in [0.05, 0.1) is 5.69 Å². The number of rotatable bonds is 3. The normalized spacial score (nSPS) is 14.4. The number of aromatic nitrogens is 3. The number of aromatic amines is 1. The molecule has 4 nitrogen and oxygen atoms in total. The molecular weight excluding hydrogens is 375 g/mol. The number of nitrogens with zero attached hydrogens (tertiary/aromatic N) is 3. The molecule has 0 fully saturated rings. The zero-order valence-corrected chi connectivity index (χ0v) is 15.9. The van der Waals surface area contributed by atoms with E-state index in [-0.39, 0.29) is 5.82 Å². The van der Waals surface area contributed by atoms with Crippen molar-refractivity contribution in [3.05, 3.63) is 82.5 Å². The first-order valence-corrected chi connectivity index (χ1v) is 9.62. The highest BCUT2D eigenvalue weighted by Gasteiger charge is 2.20. The third-order valence-electron chi connectivity index (χ3n) is 5.25. The molecule has 140 valence electrons. The maximum Gasteiger partial charge on any atom is 0.159 e. The molecule has 0 aliphatic carbocycles. The predicted molar refractivity (Wildman–Crippen MR) is 109 cm³/mol. The number of H-pyrrole nitrogens is 1. The summed E-state index contributed by atoms with van der Waals surface area (Å²) >= 11 is 5.98. The lowest BCUT2D eigenvalue weighted by Crippen LogP contribution is -2.31. The average Bonchev–Trinajstić information content (AvgIpc) is 3.09. The molecule has 2 aromatic heterocycles. The molecule has 28 heavy (non-hydrogen) atoms. The third-order valence-corrected chi connectivity index (χ3v) is 5.50. The average molecular weight is 393 g/mol. The molecule has 0 saturated carbocycles. The van der Waals surface area contributed by atoms with Gasteiger partial charge in [0.1, 0.15) is 5.82 Å². The Morgan fingerprint density at radius 1 is 1.14 bits per heavy atom. The number of hydrogen-bond acceptors (Lipinski definition) is 3. The number of fused-ring (bicyclic) bond motifs is 2. The van der Waals surface area contributed by atoms with Crippen LogP contribution in [-0.2, 0) is 19.5 Å². The summed E-state index contributed by atoms with van der Waals surface area (Å²) in [5.74, 6) is 0.499. The van der Waals surface area contributed by atoms with Crippen molar-refractivity contribution in [1.82, 2.24) is 19.9 Å². The molecule has 4 aromatic rings. The lowest BCUT2D eigenvalue weighted by atomic mass is 10.1. The predicted octanol–water partition coefficient (Wildman–Crippen LogP) is 4.98. The van der Waals surface area contributed by atoms with E-state index in [2.05, 4.69) is 14.9 Å². The molecule has 1 aliphatic heterocycles. The van der Waals surface area contributed by atoms with Gasteiger partial charge in [0.2, 0.25) is 0 Å². The van der Waals surface area contributed by atoms with Gasteiger partial charge in [-0.2, -0.15) is 0 Å². The Hall–Kier alpha value is -2.76. The standard InChI is InChI=1S/C22H18ClFN4/c23-17-3-1-14(2-4-17)22-26-10-15-7-8-28(13-21(15)27-22)12-16-11-25-20-9-18(24)5-6-19(16)20/h1-6,9-11,25H,7-8,12-13H2. The van der Waals surface area contributed by atoms with Crippen LogP contribution in [0.4, 0.5) is 4.39 Å². The molecule has 0 spiro atoms. The lowest BCUT2D eigenvalue weighted by Gasteiger charge is -2.27. The molecule has 0 radical (unpaired) electrons. The van der Waals surface area contributed by atoms with Crippen molar-refractivity contribution in [2.75, 3.05) is 6.54 Å². The first-order valence-electron chi connectivity index (χ1n) is 9.24. The fraction of sp³-hybridized carbons (Fsp3) is 0.182. The van der Waals surface area contributed by atoms with Crippen LogP contribution < -0.4 is 0 Å². The maximum absolute atomic E-state index is 13.4. The molecule has 2 aromatic carbocycles. The molecule has 0 unspecified atom stereocenters. The maximum atomic E-state index is 13.4. The number of hydrogen-bond donors (Lipinski definition) is 1. The molecular formula is C22H18ClFN4. The molecule has 0 saturated heterocycles. The number of halogens is 2. The molecule has 1 N–H and O–H groups in total. The minimum Gasteiger partial charge on any atom is -0.361 e. The van der Waals surface area contributed by atoms with E-state index in [1.54, 1.807) is 0 Å². The Labute approximate surface area is 167 Å². The van der Waals surface area contributed by atoms with Crippen LogP contribution in [0.2, 0.25) is 5.02 Å². The summed E-state index contributed by atoms with van der Waals surface area (Å²) in [4.78, 5) is 14.9. The molecule has 6 heteroatoms. The first kappa shape index (κ1) is 17.3. The van der Waals surface area contributed by atoms with Crippen molar-refractivity contribution in [2.24, 2.45) is 0 Å². The molecule has 5 rings (SSSR count). The minimum atomic E-state index is -0.223. The highest BCUT2D eigenvalue weighted by atomic mass is 35.5. The van der Waals surface area contributed by atoms with Crippen molar-refractivity contribution < 1.29 is 4.39 Å². The van der Waals surface area contributed by atoms with Crippen molar-refractivity contribution in [1.29, 1.82) is 0 Å². The summed E-state index contributed by atoms with van der Waals surface area (Å²) in [7, 11) is 0. The Morgan fingerprint density at radius 3 is 2.86 bits per heavy atom. The van der Waals surface area contributed by atoms with Gasteiger partial charge >= 0.3 is 0 Å². The van der Waals surface area contributed by atoms with Crippen molar-refractivity contribution in [3.8, 4) is 11.4 Å². The van der Waals surface area contributed by atoms with Gasteiger partial charge in [-0.05, 0) is 60.0 Å². The van der Waals surface area contributed by atoms with E-state index in [0.29, 0.717) is 5.02 Å². The van der Waals surface area contributed by atoms with Crippen molar-refractivity contribution in [2.45, 2.75) is 19.5 Å². The van der Waals surface area contributed by atoms with Crippen LogP contribution in [0.15, 0.2) is 54.9 Å².